The van der Waals surface area contributed by atoms with Crippen LogP contribution < -0.4 is 4.72 Å². The van der Waals surface area contributed by atoms with E-state index in [1.54, 1.807) is 24.4 Å². The Kier molecular flexibility index (Phi) is 5.61. The predicted octanol–water partition coefficient (Wildman–Crippen LogP) is 1.93. The van der Waals surface area contributed by atoms with E-state index in [9.17, 15) is 13.2 Å². The van der Waals surface area contributed by atoms with E-state index in [1.165, 1.54) is 0 Å². The molecule has 0 atom stereocenters. The van der Waals surface area contributed by atoms with Gasteiger partial charge in [-0.3, -0.25) is 9.78 Å². The van der Waals surface area contributed by atoms with Crippen molar-refractivity contribution in [2.24, 2.45) is 5.92 Å². The van der Waals surface area contributed by atoms with Gasteiger partial charge in [-0.15, -0.1) is 0 Å². The molecule has 8 heteroatoms. The topological polar surface area (TPSA) is 88.6 Å². The van der Waals surface area contributed by atoms with E-state index in [0.29, 0.717) is 25.3 Å². The van der Waals surface area contributed by atoms with Crippen molar-refractivity contribution < 1.29 is 17.9 Å². The molecule has 150 valence electrons. The Morgan fingerprint density at radius 2 is 1.89 bits per heavy atom. The number of rotatable bonds is 7. The number of fused-ring (bicyclic) bond motifs is 1. The number of hydrogen-bond donors (Lipinski definition) is 1. The first-order valence-corrected chi connectivity index (χ1v) is 11.3. The molecule has 0 radical (unpaired) electrons. The fourth-order valence-corrected chi connectivity index (χ4v) is 4.90. The molecule has 2 heterocycles. The number of hydrogen-bond acceptors (Lipinski definition) is 5. The van der Waals surface area contributed by atoms with Gasteiger partial charge in [0, 0.05) is 49.8 Å². The lowest BCUT2D eigenvalue weighted by molar-refractivity contribution is -0.136. The highest BCUT2D eigenvalue weighted by Gasteiger charge is 2.36. The quantitative estimate of drug-likeness (QED) is 0.763. The number of aromatic nitrogens is 1. The Morgan fingerprint density at radius 3 is 2.64 bits per heavy atom. The maximum absolute atomic E-state index is 12.8. The fourth-order valence-electron chi connectivity index (χ4n) is 3.71. The summed E-state index contributed by atoms with van der Waals surface area (Å²) < 4.78 is 33.8. The molecule has 0 spiro atoms. The summed E-state index contributed by atoms with van der Waals surface area (Å²) in [5, 5.41) is 0.776. The van der Waals surface area contributed by atoms with Gasteiger partial charge in [0.25, 0.3) is 0 Å². The molecule has 4 rings (SSSR count). The Labute approximate surface area is 165 Å². The first-order valence-electron chi connectivity index (χ1n) is 9.78. The van der Waals surface area contributed by atoms with Crippen molar-refractivity contribution in [3.8, 4) is 0 Å². The summed E-state index contributed by atoms with van der Waals surface area (Å²) >= 11 is 0. The van der Waals surface area contributed by atoms with Gasteiger partial charge in [-0.05, 0) is 37.8 Å². The third-order valence-electron chi connectivity index (χ3n) is 5.37. The maximum Gasteiger partial charge on any atom is 0.242 e. The van der Waals surface area contributed by atoms with Crippen LogP contribution in [0.5, 0.6) is 0 Å². The maximum atomic E-state index is 12.8. The van der Waals surface area contributed by atoms with Crippen molar-refractivity contribution in [2.75, 3.05) is 26.3 Å². The molecule has 1 saturated carbocycles. The second-order valence-corrected chi connectivity index (χ2v) is 9.11. The van der Waals surface area contributed by atoms with Crippen LogP contribution in [0.2, 0.25) is 0 Å². The van der Waals surface area contributed by atoms with Crippen LogP contribution in [-0.4, -0.2) is 56.6 Å². The van der Waals surface area contributed by atoms with E-state index in [-0.39, 0.29) is 29.3 Å². The number of ether oxygens (including phenoxy) is 1. The van der Waals surface area contributed by atoms with Crippen LogP contribution in [-0.2, 0) is 19.6 Å². The first-order chi connectivity index (χ1) is 13.6. The second kappa shape index (κ2) is 8.14. The monoisotopic (exact) mass is 403 g/mol. The van der Waals surface area contributed by atoms with Gasteiger partial charge in [0.05, 0.1) is 5.52 Å². The third kappa shape index (κ3) is 4.19. The lowest BCUT2D eigenvalue weighted by atomic mass is 10.1. The minimum Gasteiger partial charge on any atom is -0.381 e. The highest BCUT2D eigenvalue weighted by atomic mass is 32.2. The Hall–Kier alpha value is -2.03. The fraction of sp³-hybridized carbons (Fsp3) is 0.500. The van der Waals surface area contributed by atoms with Gasteiger partial charge in [0.1, 0.15) is 4.90 Å². The van der Waals surface area contributed by atoms with Gasteiger partial charge in [-0.1, -0.05) is 18.2 Å². The molecule has 2 aliphatic rings. The number of nitrogens with zero attached hydrogens (tertiary/aromatic N) is 2. The van der Waals surface area contributed by atoms with Gasteiger partial charge < -0.3 is 9.64 Å². The SMILES string of the molecule is O=C(C1CC1)N(CCNS(=O)(=O)c1cccc2cccnc12)C1CCOCC1. The zero-order valence-corrected chi connectivity index (χ0v) is 16.5. The normalized spacial score (nSPS) is 18.3. The summed E-state index contributed by atoms with van der Waals surface area (Å²) in [5.41, 5.74) is 0.452. The van der Waals surface area contributed by atoms with Gasteiger partial charge in [-0.25, -0.2) is 13.1 Å². The molecule has 1 aliphatic carbocycles. The average molecular weight is 404 g/mol. The minimum absolute atomic E-state index is 0.113. The van der Waals surface area contributed by atoms with Crippen molar-refractivity contribution >= 4 is 26.8 Å². The molecule has 1 amide bonds. The van der Waals surface area contributed by atoms with Crippen molar-refractivity contribution in [1.82, 2.24) is 14.6 Å². The van der Waals surface area contributed by atoms with Gasteiger partial charge in [0.15, 0.2) is 0 Å². The van der Waals surface area contributed by atoms with Crippen molar-refractivity contribution in [2.45, 2.75) is 36.6 Å². The van der Waals surface area contributed by atoms with Gasteiger partial charge in [-0.2, -0.15) is 0 Å². The van der Waals surface area contributed by atoms with Crippen LogP contribution in [0.3, 0.4) is 0 Å². The number of pyridine rings is 1. The van der Waals surface area contributed by atoms with Crippen LogP contribution in [0.4, 0.5) is 0 Å². The number of nitrogens with one attached hydrogen (secondary N) is 1. The van der Waals surface area contributed by atoms with Crippen LogP contribution in [0, 0.1) is 5.92 Å². The molecule has 0 bridgehead atoms. The van der Waals surface area contributed by atoms with E-state index in [4.69, 9.17) is 4.74 Å². The molecule has 2 fully saturated rings. The summed E-state index contributed by atoms with van der Waals surface area (Å²) in [4.78, 5) is 19.0. The molecule has 1 saturated heterocycles. The molecule has 1 N–H and O–H groups in total. The van der Waals surface area contributed by atoms with Crippen molar-refractivity contribution in [3.05, 3.63) is 36.5 Å². The molecule has 1 aromatic heterocycles. The zero-order valence-electron chi connectivity index (χ0n) is 15.7. The molecular formula is C20H25N3O4S. The molecule has 1 aromatic carbocycles. The minimum atomic E-state index is -3.72. The summed E-state index contributed by atoms with van der Waals surface area (Å²) in [6.07, 6.45) is 5.07. The lowest BCUT2D eigenvalue weighted by Gasteiger charge is -2.34. The van der Waals surface area contributed by atoms with E-state index in [0.717, 1.165) is 31.1 Å². The number of sulfonamides is 1. The number of amides is 1. The Morgan fingerprint density at radius 1 is 1.14 bits per heavy atom. The molecule has 7 nitrogen and oxygen atoms in total. The summed E-state index contributed by atoms with van der Waals surface area (Å²) in [6, 6.07) is 8.85. The van der Waals surface area contributed by atoms with Gasteiger partial charge in [0.2, 0.25) is 15.9 Å². The number of carbonyl (C=O) groups is 1. The van der Waals surface area contributed by atoms with E-state index in [1.807, 2.05) is 17.0 Å². The van der Waals surface area contributed by atoms with E-state index >= 15 is 0 Å². The van der Waals surface area contributed by atoms with Gasteiger partial charge >= 0.3 is 0 Å². The molecular weight excluding hydrogens is 378 g/mol. The van der Waals surface area contributed by atoms with Crippen molar-refractivity contribution in [1.29, 1.82) is 0 Å². The standard InChI is InChI=1S/C20H25N3O4S/c24-20(16-6-7-16)23(17-8-13-27-14-9-17)12-11-22-28(25,26)18-5-1-3-15-4-2-10-21-19(15)18/h1-5,10,16-17,22H,6-9,11-14H2. The lowest BCUT2D eigenvalue weighted by Crippen LogP contribution is -2.47. The third-order valence-corrected chi connectivity index (χ3v) is 6.86. The highest BCUT2D eigenvalue weighted by Crippen LogP contribution is 2.32. The predicted molar refractivity (Wildman–Crippen MR) is 105 cm³/mol. The van der Waals surface area contributed by atoms with Crippen LogP contribution in [0.25, 0.3) is 10.9 Å². The van der Waals surface area contributed by atoms with E-state index < -0.39 is 10.0 Å². The number of para-hydroxylation sites is 1. The number of benzene rings is 1. The largest absolute Gasteiger partial charge is 0.381 e. The molecule has 0 unspecified atom stereocenters. The second-order valence-electron chi connectivity index (χ2n) is 7.38. The molecule has 28 heavy (non-hydrogen) atoms. The summed E-state index contributed by atoms with van der Waals surface area (Å²) in [5.74, 6) is 0.264. The smallest absolute Gasteiger partial charge is 0.242 e. The average Bonchev–Trinajstić information content (AvgIpc) is 3.56. The summed E-state index contributed by atoms with van der Waals surface area (Å²) in [7, 11) is -3.72. The van der Waals surface area contributed by atoms with Crippen molar-refractivity contribution in [3.63, 3.8) is 0 Å². The molecule has 2 aromatic rings. The highest BCUT2D eigenvalue weighted by molar-refractivity contribution is 7.89. The Bertz CT molecular complexity index is 948. The first kappa shape index (κ1) is 19.3. The summed E-state index contributed by atoms with van der Waals surface area (Å²) in [6.45, 7) is 1.85. The van der Waals surface area contributed by atoms with E-state index in [2.05, 4.69) is 9.71 Å². The zero-order chi connectivity index (χ0) is 19.6. The van der Waals surface area contributed by atoms with Crippen LogP contribution in [0.1, 0.15) is 25.7 Å². The number of carbonyl (C=O) groups excluding carboxylic acids is 1. The van der Waals surface area contributed by atoms with Crippen LogP contribution in [0.15, 0.2) is 41.4 Å². The Balaban J connectivity index is 1.46. The molecule has 1 aliphatic heterocycles. The van der Waals surface area contributed by atoms with Crippen LogP contribution >= 0.6 is 0 Å².